The fraction of sp³-hybridized carbons (Fsp3) is 0.478. The van der Waals surface area contributed by atoms with Gasteiger partial charge in [0.15, 0.2) is 0 Å². The van der Waals surface area contributed by atoms with Gasteiger partial charge in [0.05, 0.1) is 9.79 Å². The Morgan fingerprint density at radius 3 is 1.19 bits per heavy atom. The number of hydrogen-bond acceptors (Lipinski definition) is 4. The molecule has 0 atom stereocenters. The highest BCUT2D eigenvalue weighted by Gasteiger charge is 2.24. The van der Waals surface area contributed by atoms with Crippen LogP contribution in [0.2, 0.25) is 0 Å². The first kappa shape index (κ1) is 25.5. The standard InChI is InChI=1S/C23H34N2O4S2/c1-5-24(30(26,27)22-14-10-20(3)11-15-22)18-8-7-9-19-25(6-2)31(28,29)23-16-12-21(4)13-17-23/h10-17H,5-9,18-19H2,1-4H3. The maximum absolute atomic E-state index is 12.8. The first-order valence-electron chi connectivity index (χ1n) is 10.8. The minimum atomic E-state index is -3.51. The lowest BCUT2D eigenvalue weighted by Crippen LogP contribution is -2.33. The lowest BCUT2D eigenvalue weighted by atomic mass is 10.2. The Kier molecular flexibility index (Phi) is 9.24. The van der Waals surface area contributed by atoms with Gasteiger partial charge in [-0.1, -0.05) is 55.7 Å². The molecule has 0 bridgehead atoms. The Morgan fingerprint density at radius 2 is 0.903 bits per heavy atom. The van der Waals surface area contributed by atoms with Crippen LogP contribution in [0.25, 0.3) is 0 Å². The van der Waals surface area contributed by atoms with E-state index in [0.29, 0.717) is 48.8 Å². The maximum atomic E-state index is 12.8. The number of benzene rings is 2. The number of rotatable bonds is 12. The fourth-order valence-corrected chi connectivity index (χ4v) is 6.34. The molecule has 2 aromatic carbocycles. The van der Waals surface area contributed by atoms with Crippen LogP contribution in [-0.2, 0) is 20.0 Å². The van der Waals surface area contributed by atoms with Crippen LogP contribution < -0.4 is 0 Å². The van der Waals surface area contributed by atoms with Gasteiger partial charge < -0.3 is 0 Å². The molecule has 6 nitrogen and oxygen atoms in total. The second-order valence-electron chi connectivity index (χ2n) is 7.68. The summed E-state index contributed by atoms with van der Waals surface area (Å²) < 4.78 is 54.3. The third-order valence-electron chi connectivity index (χ3n) is 5.34. The van der Waals surface area contributed by atoms with E-state index in [1.54, 1.807) is 48.5 Å². The maximum Gasteiger partial charge on any atom is 0.243 e. The van der Waals surface area contributed by atoms with Gasteiger partial charge in [-0.25, -0.2) is 16.8 Å². The third kappa shape index (κ3) is 6.62. The van der Waals surface area contributed by atoms with Crippen LogP contribution in [0.5, 0.6) is 0 Å². The summed E-state index contributed by atoms with van der Waals surface area (Å²) >= 11 is 0. The normalized spacial score (nSPS) is 12.6. The molecule has 0 fully saturated rings. The molecule has 31 heavy (non-hydrogen) atoms. The fourth-order valence-electron chi connectivity index (χ4n) is 3.37. The van der Waals surface area contributed by atoms with E-state index in [4.69, 9.17) is 0 Å². The van der Waals surface area contributed by atoms with Gasteiger partial charge in [-0.3, -0.25) is 0 Å². The predicted molar refractivity (Wildman–Crippen MR) is 125 cm³/mol. The van der Waals surface area contributed by atoms with E-state index in [0.717, 1.165) is 17.5 Å². The van der Waals surface area contributed by atoms with Crippen molar-refractivity contribution in [3.8, 4) is 0 Å². The van der Waals surface area contributed by atoms with E-state index in [1.807, 2.05) is 27.7 Å². The SMILES string of the molecule is CCN(CCCCCN(CC)S(=O)(=O)c1ccc(C)cc1)S(=O)(=O)c1ccc(C)cc1. The quantitative estimate of drug-likeness (QED) is 0.440. The van der Waals surface area contributed by atoms with Crippen LogP contribution in [-0.4, -0.2) is 51.6 Å². The zero-order valence-electron chi connectivity index (χ0n) is 18.9. The summed E-state index contributed by atoms with van der Waals surface area (Å²) in [6.45, 7) is 9.15. The molecule has 172 valence electrons. The number of aryl methyl sites for hydroxylation is 2. The molecule has 0 amide bonds. The number of sulfonamides is 2. The predicted octanol–water partition coefficient (Wildman–Crippen LogP) is 4.20. The average Bonchev–Trinajstić information content (AvgIpc) is 2.73. The van der Waals surface area contributed by atoms with Crippen LogP contribution >= 0.6 is 0 Å². The van der Waals surface area contributed by atoms with Crippen LogP contribution in [0.3, 0.4) is 0 Å². The van der Waals surface area contributed by atoms with E-state index in [1.165, 1.54) is 8.61 Å². The van der Waals surface area contributed by atoms with E-state index in [2.05, 4.69) is 0 Å². The summed E-state index contributed by atoms with van der Waals surface area (Å²) in [5, 5.41) is 0. The van der Waals surface area contributed by atoms with E-state index < -0.39 is 20.0 Å². The molecule has 0 radical (unpaired) electrons. The largest absolute Gasteiger partial charge is 0.243 e. The van der Waals surface area contributed by atoms with Gasteiger partial charge in [-0.2, -0.15) is 8.61 Å². The Labute approximate surface area is 188 Å². The second kappa shape index (κ2) is 11.2. The van der Waals surface area contributed by atoms with Crippen molar-refractivity contribution in [2.24, 2.45) is 0 Å². The first-order chi connectivity index (χ1) is 14.6. The van der Waals surface area contributed by atoms with Crippen molar-refractivity contribution in [2.75, 3.05) is 26.2 Å². The summed E-state index contributed by atoms with van der Waals surface area (Å²) in [4.78, 5) is 0.614. The van der Waals surface area contributed by atoms with Crippen LogP contribution in [0.1, 0.15) is 44.2 Å². The van der Waals surface area contributed by atoms with E-state index in [9.17, 15) is 16.8 Å². The molecule has 0 spiro atoms. The molecule has 8 heteroatoms. The smallest absolute Gasteiger partial charge is 0.207 e. The van der Waals surface area contributed by atoms with Gasteiger partial charge in [0.25, 0.3) is 0 Å². The van der Waals surface area contributed by atoms with Gasteiger partial charge in [-0.05, 0) is 51.0 Å². The number of nitrogens with zero attached hydrogens (tertiary/aromatic N) is 2. The molecule has 0 aliphatic heterocycles. The molecule has 0 aromatic heterocycles. The molecule has 0 aliphatic carbocycles. The third-order valence-corrected chi connectivity index (χ3v) is 9.31. The van der Waals surface area contributed by atoms with Crippen molar-refractivity contribution in [3.63, 3.8) is 0 Å². The molecule has 0 saturated heterocycles. The lowest BCUT2D eigenvalue weighted by Gasteiger charge is -2.22. The van der Waals surface area contributed by atoms with Crippen molar-refractivity contribution in [1.29, 1.82) is 0 Å². The Hall–Kier alpha value is -1.74. The van der Waals surface area contributed by atoms with E-state index >= 15 is 0 Å². The van der Waals surface area contributed by atoms with Crippen molar-refractivity contribution in [2.45, 2.75) is 56.7 Å². The van der Waals surface area contributed by atoms with Crippen LogP contribution in [0, 0.1) is 13.8 Å². The van der Waals surface area contributed by atoms with Gasteiger partial charge >= 0.3 is 0 Å². The van der Waals surface area contributed by atoms with Gasteiger partial charge in [0.1, 0.15) is 0 Å². The number of hydrogen-bond donors (Lipinski definition) is 0. The molecule has 2 aromatic rings. The Bertz CT molecular complexity index is 946. The minimum Gasteiger partial charge on any atom is -0.207 e. The van der Waals surface area contributed by atoms with Crippen molar-refractivity contribution >= 4 is 20.0 Å². The van der Waals surface area contributed by atoms with Gasteiger partial charge in [0, 0.05) is 26.2 Å². The summed E-state index contributed by atoms with van der Waals surface area (Å²) in [5.41, 5.74) is 2.03. The summed E-state index contributed by atoms with van der Waals surface area (Å²) in [5.74, 6) is 0. The monoisotopic (exact) mass is 466 g/mol. The zero-order valence-corrected chi connectivity index (χ0v) is 20.5. The molecule has 0 aliphatic rings. The highest BCUT2D eigenvalue weighted by Crippen LogP contribution is 2.19. The summed E-state index contributed by atoms with van der Waals surface area (Å²) in [6.07, 6.45) is 2.11. The zero-order chi connectivity index (χ0) is 23.1. The summed E-state index contributed by atoms with van der Waals surface area (Å²) in [6, 6.07) is 13.8. The first-order valence-corrected chi connectivity index (χ1v) is 13.6. The van der Waals surface area contributed by atoms with Crippen molar-refractivity contribution in [3.05, 3.63) is 59.7 Å². The molecule has 0 saturated carbocycles. The Morgan fingerprint density at radius 1 is 0.581 bits per heavy atom. The van der Waals surface area contributed by atoms with Crippen molar-refractivity contribution in [1.82, 2.24) is 8.61 Å². The Balaban J connectivity index is 1.90. The molecule has 2 rings (SSSR count). The number of unbranched alkanes of at least 4 members (excludes halogenated alkanes) is 2. The molecular formula is C23H34N2O4S2. The lowest BCUT2D eigenvalue weighted by molar-refractivity contribution is 0.390. The highest BCUT2D eigenvalue weighted by atomic mass is 32.2. The topological polar surface area (TPSA) is 74.8 Å². The summed E-state index contributed by atoms with van der Waals surface area (Å²) in [7, 11) is -7.02. The van der Waals surface area contributed by atoms with E-state index in [-0.39, 0.29) is 0 Å². The van der Waals surface area contributed by atoms with Gasteiger partial charge in [0.2, 0.25) is 20.0 Å². The van der Waals surface area contributed by atoms with Crippen molar-refractivity contribution < 1.29 is 16.8 Å². The molecule has 0 heterocycles. The molecule has 0 N–H and O–H groups in total. The second-order valence-corrected chi connectivity index (χ2v) is 11.6. The average molecular weight is 467 g/mol. The molecular weight excluding hydrogens is 432 g/mol. The van der Waals surface area contributed by atoms with Gasteiger partial charge in [-0.15, -0.1) is 0 Å². The molecule has 0 unspecified atom stereocenters. The highest BCUT2D eigenvalue weighted by molar-refractivity contribution is 7.89. The minimum absolute atomic E-state index is 0.307. The van der Waals surface area contributed by atoms with Crippen LogP contribution in [0.15, 0.2) is 58.3 Å². The van der Waals surface area contributed by atoms with Crippen LogP contribution in [0.4, 0.5) is 0 Å².